The van der Waals surface area contributed by atoms with Crippen LogP contribution >= 0.6 is 11.6 Å². The standard InChI is InChI=1S/C11H18ClN5O/c1-2-13-10-15-9(12)16-11(17-10)14-6-8-4-3-5-18-7-8/h8H,2-7H2,1H3,(H2,13,14,15,16,17). The van der Waals surface area contributed by atoms with Gasteiger partial charge in [-0.3, -0.25) is 0 Å². The van der Waals surface area contributed by atoms with Crippen LogP contribution in [0.5, 0.6) is 0 Å². The van der Waals surface area contributed by atoms with Gasteiger partial charge in [-0.15, -0.1) is 0 Å². The van der Waals surface area contributed by atoms with E-state index in [0.717, 1.165) is 32.7 Å². The van der Waals surface area contributed by atoms with Crippen molar-refractivity contribution in [1.29, 1.82) is 0 Å². The molecule has 0 spiro atoms. The van der Waals surface area contributed by atoms with E-state index < -0.39 is 0 Å². The van der Waals surface area contributed by atoms with Crippen molar-refractivity contribution in [3.05, 3.63) is 5.28 Å². The first kappa shape index (κ1) is 13.3. The van der Waals surface area contributed by atoms with E-state index in [2.05, 4.69) is 25.6 Å². The highest BCUT2D eigenvalue weighted by Gasteiger charge is 2.14. The number of hydrogen-bond acceptors (Lipinski definition) is 6. The Kier molecular flexibility index (Phi) is 4.95. The predicted octanol–water partition coefficient (Wildman–Crippen LogP) is 1.80. The molecule has 1 fully saturated rings. The lowest BCUT2D eigenvalue weighted by molar-refractivity contribution is 0.0594. The molecular formula is C11H18ClN5O. The first-order valence-corrected chi connectivity index (χ1v) is 6.62. The van der Waals surface area contributed by atoms with Gasteiger partial charge in [-0.05, 0) is 37.3 Å². The van der Waals surface area contributed by atoms with Crippen LogP contribution in [0.3, 0.4) is 0 Å². The average molecular weight is 272 g/mol. The number of aromatic nitrogens is 3. The Morgan fingerprint density at radius 1 is 1.28 bits per heavy atom. The van der Waals surface area contributed by atoms with Gasteiger partial charge in [-0.1, -0.05) is 0 Å². The number of ether oxygens (including phenoxy) is 1. The second-order valence-electron chi connectivity index (χ2n) is 4.25. The summed E-state index contributed by atoms with van der Waals surface area (Å²) in [5.74, 6) is 1.52. The van der Waals surface area contributed by atoms with Gasteiger partial charge in [0.15, 0.2) is 0 Å². The molecule has 18 heavy (non-hydrogen) atoms. The topological polar surface area (TPSA) is 72.0 Å². The third-order valence-corrected chi connectivity index (χ3v) is 2.92. The molecule has 0 saturated carbocycles. The van der Waals surface area contributed by atoms with E-state index in [9.17, 15) is 0 Å². The van der Waals surface area contributed by atoms with E-state index in [0.29, 0.717) is 17.8 Å². The number of halogens is 1. The third kappa shape index (κ3) is 3.96. The molecule has 0 aliphatic carbocycles. The van der Waals surface area contributed by atoms with Gasteiger partial charge in [0.25, 0.3) is 0 Å². The van der Waals surface area contributed by atoms with Crippen molar-refractivity contribution in [1.82, 2.24) is 15.0 Å². The van der Waals surface area contributed by atoms with Gasteiger partial charge < -0.3 is 15.4 Å². The normalized spacial score (nSPS) is 19.6. The highest BCUT2D eigenvalue weighted by Crippen LogP contribution is 2.15. The molecule has 1 aliphatic heterocycles. The van der Waals surface area contributed by atoms with Crippen molar-refractivity contribution in [2.75, 3.05) is 36.9 Å². The zero-order valence-corrected chi connectivity index (χ0v) is 11.2. The first-order chi connectivity index (χ1) is 8.78. The third-order valence-electron chi connectivity index (χ3n) is 2.75. The summed E-state index contributed by atoms with van der Waals surface area (Å²) in [6.45, 7) is 5.19. The summed E-state index contributed by atoms with van der Waals surface area (Å²) in [6.07, 6.45) is 2.29. The van der Waals surface area contributed by atoms with Gasteiger partial charge in [0.05, 0.1) is 6.61 Å². The van der Waals surface area contributed by atoms with Gasteiger partial charge in [-0.25, -0.2) is 0 Å². The van der Waals surface area contributed by atoms with Crippen LogP contribution < -0.4 is 10.6 Å². The van der Waals surface area contributed by atoms with Crippen molar-refractivity contribution >= 4 is 23.5 Å². The van der Waals surface area contributed by atoms with Crippen molar-refractivity contribution in [2.45, 2.75) is 19.8 Å². The molecule has 2 rings (SSSR count). The van der Waals surface area contributed by atoms with E-state index >= 15 is 0 Å². The predicted molar refractivity (Wildman–Crippen MR) is 71.0 cm³/mol. The Bertz CT molecular complexity index is 384. The van der Waals surface area contributed by atoms with Crippen molar-refractivity contribution in [3.8, 4) is 0 Å². The summed E-state index contributed by atoms with van der Waals surface area (Å²) in [7, 11) is 0. The van der Waals surface area contributed by atoms with Gasteiger partial charge in [0, 0.05) is 19.7 Å². The molecule has 1 unspecified atom stereocenters. The molecule has 1 aromatic rings. The first-order valence-electron chi connectivity index (χ1n) is 6.25. The van der Waals surface area contributed by atoms with Crippen molar-refractivity contribution in [3.63, 3.8) is 0 Å². The molecule has 1 atom stereocenters. The molecule has 0 aromatic carbocycles. The zero-order valence-electron chi connectivity index (χ0n) is 10.4. The zero-order chi connectivity index (χ0) is 12.8. The maximum atomic E-state index is 5.84. The van der Waals surface area contributed by atoms with Crippen LogP contribution in [-0.2, 0) is 4.74 Å². The van der Waals surface area contributed by atoms with E-state index in [4.69, 9.17) is 16.3 Å². The fourth-order valence-electron chi connectivity index (χ4n) is 1.87. The molecular weight excluding hydrogens is 254 g/mol. The van der Waals surface area contributed by atoms with Crippen molar-refractivity contribution in [2.24, 2.45) is 5.92 Å². The lowest BCUT2D eigenvalue weighted by Crippen LogP contribution is -2.25. The number of nitrogens with one attached hydrogen (secondary N) is 2. The SMILES string of the molecule is CCNc1nc(Cl)nc(NCC2CCCOC2)n1. The van der Waals surface area contributed by atoms with Gasteiger partial charge in [0.1, 0.15) is 0 Å². The molecule has 2 N–H and O–H groups in total. The molecule has 1 saturated heterocycles. The van der Waals surface area contributed by atoms with Crippen LogP contribution in [0.4, 0.5) is 11.9 Å². The van der Waals surface area contributed by atoms with Crippen LogP contribution in [0.2, 0.25) is 5.28 Å². The Balaban J connectivity index is 1.91. The van der Waals surface area contributed by atoms with E-state index in [1.807, 2.05) is 6.92 Å². The van der Waals surface area contributed by atoms with Crippen LogP contribution in [0, 0.1) is 5.92 Å². The Hall–Kier alpha value is -1.14. The summed E-state index contributed by atoms with van der Waals surface area (Å²) in [5, 5.41) is 6.40. The molecule has 1 aromatic heterocycles. The maximum absolute atomic E-state index is 5.84. The summed E-state index contributed by atoms with van der Waals surface area (Å²) >= 11 is 5.84. The number of nitrogens with zero attached hydrogens (tertiary/aromatic N) is 3. The minimum Gasteiger partial charge on any atom is -0.381 e. The average Bonchev–Trinajstić information content (AvgIpc) is 2.37. The van der Waals surface area contributed by atoms with Crippen LogP contribution in [0.15, 0.2) is 0 Å². The number of anilines is 2. The Morgan fingerprint density at radius 2 is 2.06 bits per heavy atom. The molecule has 6 nitrogen and oxygen atoms in total. The fraction of sp³-hybridized carbons (Fsp3) is 0.727. The molecule has 1 aliphatic rings. The van der Waals surface area contributed by atoms with E-state index in [-0.39, 0.29) is 5.28 Å². The fourth-order valence-corrected chi connectivity index (χ4v) is 2.03. The lowest BCUT2D eigenvalue weighted by atomic mass is 10.0. The molecule has 0 radical (unpaired) electrons. The van der Waals surface area contributed by atoms with Crippen molar-refractivity contribution < 1.29 is 4.74 Å². The largest absolute Gasteiger partial charge is 0.381 e. The molecule has 2 heterocycles. The number of rotatable bonds is 5. The van der Waals surface area contributed by atoms with Crippen LogP contribution in [0.1, 0.15) is 19.8 Å². The molecule has 100 valence electrons. The smallest absolute Gasteiger partial charge is 0.228 e. The monoisotopic (exact) mass is 271 g/mol. The van der Waals surface area contributed by atoms with Crippen LogP contribution in [0.25, 0.3) is 0 Å². The quantitative estimate of drug-likeness (QED) is 0.851. The van der Waals surface area contributed by atoms with E-state index in [1.165, 1.54) is 6.42 Å². The number of hydrogen-bond donors (Lipinski definition) is 2. The maximum Gasteiger partial charge on any atom is 0.228 e. The highest BCUT2D eigenvalue weighted by atomic mass is 35.5. The second-order valence-corrected chi connectivity index (χ2v) is 4.58. The Labute approximate surface area is 112 Å². The van der Waals surface area contributed by atoms with Gasteiger partial charge >= 0.3 is 0 Å². The lowest BCUT2D eigenvalue weighted by Gasteiger charge is -2.22. The molecule has 7 heteroatoms. The second kappa shape index (κ2) is 6.70. The summed E-state index contributed by atoms with van der Waals surface area (Å²) in [5.41, 5.74) is 0. The summed E-state index contributed by atoms with van der Waals surface area (Å²) in [6, 6.07) is 0. The van der Waals surface area contributed by atoms with E-state index in [1.54, 1.807) is 0 Å². The van der Waals surface area contributed by atoms with Gasteiger partial charge in [0.2, 0.25) is 17.2 Å². The summed E-state index contributed by atoms with van der Waals surface area (Å²) < 4.78 is 5.42. The molecule has 0 bridgehead atoms. The van der Waals surface area contributed by atoms with Gasteiger partial charge in [-0.2, -0.15) is 15.0 Å². The molecule has 0 amide bonds. The van der Waals surface area contributed by atoms with Crippen LogP contribution in [-0.4, -0.2) is 41.3 Å². The highest BCUT2D eigenvalue weighted by molar-refractivity contribution is 6.28. The minimum absolute atomic E-state index is 0.198. The minimum atomic E-state index is 0.198. The summed E-state index contributed by atoms with van der Waals surface area (Å²) in [4.78, 5) is 12.3. The Morgan fingerprint density at radius 3 is 2.72 bits per heavy atom.